The molecule has 0 aliphatic carbocycles. The Kier molecular flexibility index (Phi) is 7.66. The van der Waals surface area contributed by atoms with Gasteiger partial charge < -0.3 is 9.72 Å². The maximum absolute atomic E-state index is 13.5. The molecule has 2 aromatic carbocycles. The second-order valence-electron chi connectivity index (χ2n) is 9.66. The third kappa shape index (κ3) is 5.45. The van der Waals surface area contributed by atoms with Gasteiger partial charge >= 0.3 is 0 Å². The molecule has 0 amide bonds. The van der Waals surface area contributed by atoms with Crippen molar-refractivity contribution in [3.63, 3.8) is 0 Å². The number of nitrogens with zero attached hydrogens (tertiary/aromatic N) is 6. The summed E-state index contributed by atoms with van der Waals surface area (Å²) in [6, 6.07) is 13.8. The van der Waals surface area contributed by atoms with Gasteiger partial charge in [-0.2, -0.15) is 0 Å². The van der Waals surface area contributed by atoms with Crippen molar-refractivity contribution < 1.29 is 4.74 Å². The molecule has 0 saturated carbocycles. The summed E-state index contributed by atoms with van der Waals surface area (Å²) in [6.07, 6.45) is 0. The van der Waals surface area contributed by atoms with Crippen molar-refractivity contribution in [3.8, 4) is 0 Å². The molecule has 0 bridgehead atoms. The molecule has 0 unspecified atom stereocenters. The average Bonchev–Trinajstić information content (AvgIpc) is 3.34. The van der Waals surface area contributed by atoms with E-state index >= 15 is 0 Å². The Morgan fingerprint density at radius 1 is 1.11 bits per heavy atom. The number of ether oxygens (including phenoxy) is 1. The number of rotatable bonds is 8. The van der Waals surface area contributed by atoms with E-state index in [0.29, 0.717) is 24.5 Å². The van der Waals surface area contributed by atoms with Crippen molar-refractivity contribution in [2.75, 3.05) is 39.9 Å². The zero-order chi connectivity index (χ0) is 25.9. The van der Waals surface area contributed by atoms with Gasteiger partial charge in [0, 0.05) is 50.4 Å². The molecule has 194 valence electrons. The molecule has 3 heterocycles. The summed E-state index contributed by atoms with van der Waals surface area (Å²) in [4.78, 5) is 21.3. The molecule has 1 saturated heterocycles. The maximum Gasteiger partial charge on any atom is 0.253 e. The minimum Gasteiger partial charge on any atom is -0.383 e. The number of nitrogens with one attached hydrogen (secondary N) is 1. The zero-order valence-corrected chi connectivity index (χ0v) is 22.2. The topological polar surface area (TPSA) is 92.2 Å². The van der Waals surface area contributed by atoms with Gasteiger partial charge in [-0.05, 0) is 59.0 Å². The van der Waals surface area contributed by atoms with Crippen LogP contribution in [0.1, 0.15) is 34.1 Å². The van der Waals surface area contributed by atoms with Crippen molar-refractivity contribution >= 4 is 22.5 Å². The van der Waals surface area contributed by atoms with Crippen LogP contribution in [0.3, 0.4) is 0 Å². The van der Waals surface area contributed by atoms with E-state index in [0.717, 1.165) is 65.3 Å². The molecular weight excluding hydrogens is 490 g/mol. The summed E-state index contributed by atoms with van der Waals surface area (Å²) in [5, 5.41) is 14.4. The number of fused-ring (bicyclic) bond motifs is 1. The van der Waals surface area contributed by atoms with E-state index in [9.17, 15) is 4.79 Å². The first-order chi connectivity index (χ1) is 17.9. The summed E-state index contributed by atoms with van der Waals surface area (Å²) in [6.45, 7) is 9.06. The molecule has 1 N–H and O–H groups in total. The highest BCUT2D eigenvalue weighted by molar-refractivity contribution is 6.31. The second-order valence-corrected chi connectivity index (χ2v) is 10.1. The van der Waals surface area contributed by atoms with Crippen LogP contribution in [0.4, 0.5) is 0 Å². The van der Waals surface area contributed by atoms with Crippen LogP contribution in [0, 0.1) is 13.8 Å². The highest BCUT2D eigenvalue weighted by Crippen LogP contribution is 2.29. The SMILES string of the molecule is COCCn1nnnc1[C@@H](c1cc2cc(C)cc(C)c2[nH]c1=O)N1CCN(Cc2ccccc2Cl)CC1. The van der Waals surface area contributed by atoms with Gasteiger partial charge in [0.1, 0.15) is 6.04 Å². The van der Waals surface area contributed by atoms with Crippen molar-refractivity contribution in [2.24, 2.45) is 0 Å². The molecule has 4 aromatic rings. The van der Waals surface area contributed by atoms with E-state index in [2.05, 4.69) is 55.4 Å². The maximum atomic E-state index is 13.5. The summed E-state index contributed by atoms with van der Waals surface area (Å²) in [5.74, 6) is 0.644. The van der Waals surface area contributed by atoms with Crippen LogP contribution < -0.4 is 5.56 Å². The molecular formula is C27H32ClN7O2. The molecule has 5 rings (SSSR count). The van der Waals surface area contributed by atoms with E-state index < -0.39 is 0 Å². The standard InChI is InChI=1S/C27H32ClN7O2/c1-18-14-19(2)24-21(15-18)16-22(27(36)29-24)25(26-30-31-32-35(26)12-13-37-3)34-10-8-33(9-11-34)17-20-6-4-5-7-23(20)28/h4-7,14-16,25H,8-13,17H2,1-3H3,(H,29,36)/t25-/m1/s1. The number of aromatic nitrogens is 5. The summed E-state index contributed by atoms with van der Waals surface area (Å²) >= 11 is 6.41. The molecule has 1 aliphatic heterocycles. The lowest BCUT2D eigenvalue weighted by Crippen LogP contribution is -2.48. The van der Waals surface area contributed by atoms with Crippen molar-refractivity contribution in [1.29, 1.82) is 0 Å². The fraction of sp³-hybridized carbons (Fsp3) is 0.407. The van der Waals surface area contributed by atoms with Crippen LogP contribution in [0.2, 0.25) is 5.02 Å². The second kappa shape index (κ2) is 11.1. The van der Waals surface area contributed by atoms with E-state index in [1.54, 1.807) is 11.8 Å². The average molecular weight is 522 g/mol. The van der Waals surface area contributed by atoms with Crippen LogP contribution >= 0.6 is 11.6 Å². The zero-order valence-electron chi connectivity index (χ0n) is 21.4. The van der Waals surface area contributed by atoms with Crippen molar-refractivity contribution in [1.82, 2.24) is 35.0 Å². The number of aromatic amines is 1. The van der Waals surface area contributed by atoms with E-state index in [1.165, 1.54) is 0 Å². The Morgan fingerprint density at radius 3 is 2.65 bits per heavy atom. The smallest absolute Gasteiger partial charge is 0.253 e. The molecule has 9 nitrogen and oxygen atoms in total. The Balaban J connectivity index is 1.49. The highest BCUT2D eigenvalue weighted by atomic mass is 35.5. The van der Waals surface area contributed by atoms with Gasteiger partial charge in [-0.3, -0.25) is 14.6 Å². The van der Waals surface area contributed by atoms with Crippen LogP contribution in [0.15, 0.2) is 47.3 Å². The van der Waals surface area contributed by atoms with Gasteiger partial charge in [0.25, 0.3) is 5.56 Å². The fourth-order valence-electron chi connectivity index (χ4n) is 5.20. The highest BCUT2D eigenvalue weighted by Gasteiger charge is 2.32. The predicted octanol–water partition coefficient (Wildman–Crippen LogP) is 3.34. The largest absolute Gasteiger partial charge is 0.383 e. The molecule has 1 fully saturated rings. The number of methoxy groups -OCH3 is 1. The van der Waals surface area contributed by atoms with Crippen LogP contribution in [0.5, 0.6) is 0 Å². The van der Waals surface area contributed by atoms with Gasteiger partial charge in [-0.15, -0.1) is 5.10 Å². The monoisotopic (exact) mass is 521 g/mol. The fourth-order valence-corrected chi connectivity index (χ4v) is 5.39. The molecule has 2 aromatic heterocycles. The van der Waals surface area contributed by atoms with Crippen LogP contribution in [0.25, 0.3) is 10.9 Å². The Labute approximate surface area is 221 Å². The van der Waals surface area contributed by atoms with Crippen molar-refractivity contribution in [2.45, 2.75) is 33.0 Å². The summed E-state index contributed by atoms with van der Waals surface area (Å²) in [5.41, 5.74) is 4.71. The first-order valence-electron chi connectivity index (χ1n) is 12.5. The number of H-pyrrole nitrogens is 1. The number of aryl methyl sites for hydroxylation is 2. The van der Waals surface area contributed by atoms with Gasteiger partial charge in [0.05, 0.1) is 18.7 Å². The summed E-state index contributed by atoms with van der Waals surface area (Å²) < 4.78 is 7.02. The van der Waals surface area contributed by atoms with Crippen LogP contribution in [-0.4, -0.2) is 74.9 Å². The van der Waals surface area contributed by atoms with E-state index in [1.807, 2.05) is 31.2 Å². The lowest BCUT2D eigenvalue weighted by Gasteiger charge is -2.38. The van der Waals surface area contributed by atoms with E-state index in [4.69, 9.17) is 16.3 Å². The first-order valence-corrected chi connectivity index (χ1v) is 12.9. The van der Waals surface area contributed by atoms with Crippen LogP contribution in [-0.2, 0) is 17.8 Å². The minimum absolute atomic E-state index is 0.121. The number of piperazine rings is 1. The van der Waals surface area contributed by atoms with Gasteiger partial charge in [-0.1, -0.05) is 41.4 Å². The molecule has 1 aliphatic rings. The first kappa shape index (κ1) is 25.5. The lowest BCUT2D eigenvalue weighted by atomic mass is 10.00. The molecule has 37 heavy (non-hydrogen) atoms. The third-order valence-corrected chi connectivity index (χ3v) is 7.42. The number of halogens is 1. The Bertz CT molecular complexity index is 1440. The molecule has 10 heteroatoms. The minimum atomic E-state index is -0.386. The number of tetrazole rings is 1. The number of benzene rings is 2. The number of pyridine rings is 1. The summed E-state index contributed by atoms with van der Waals surface area (Å²) in [7, 11) is 1.65. The third-order valence-electron chi connectivity index (χ3n) is 7.05. The predicted molar refractivity (Wildman–Crippen MR) is 144 cm³/mol. The van der Waals surface area contributed by atoms with Gasteiger partial charge in [0.15, 0.2) is 5.82 Å². The number of hydrogen-bond donors (Lipinski definition) is 1. The molecule has 1 atom stereocenters. The Morgan fingerprint density at radius 2 is 1.89 bits per heavy atom. The lowest BCUT2D eigenvalue weighted by molar-refractivity contribution is 0.0985. The van der Waals surface area contributed by atoms with E-state index in [-0.39, 0.29) is 11.6 Å². The molecule has 0 spiro atoms. The quantitative estimate of drug-likeness (QED) is 0.380. The van der Waals surface area contributed by atoms with Crippen molar-refractivity contribution in [3.05, 3.63) is 85.9 Å². The number of hydrogen-bond acceptors (Lipinski definition) is 7. The molecule has 0 radical (unpaired) electrons. The Hall–Kier alpha value is -3.11. The van der Waals surface area contributed by atoms with Gasteiger partial charge in [0.2, 0.25) is 0 Å². The normalized spacial score (nSPS) is 15.9. The van der Waals surface area contributed by atoms with Gasteiger partial charge in [-0.25, -0.2) is 4.68 Å².